The highest BCUT2D eigenvalue weighted by Gasteiger charge is 2.09. The number of carboxylic acid groups (broad SMARTS) is 1. The number of hydrogen-bond donors (Lipinski definition) is 3. The summed E-state index contributed by atoms with van der Waals surface area (Å²) in [5.41, 5.74) is 10.2. The Labute approximate surface area is 58.9 Å². The summed E-state index contributed by atoms with van der Waals surface area (Å²) >= 11 is 0. The maximum absolute atomic E-state index is 10.1. The van der Waals surface area contributed by atoms with Gasteiger partial charge in [0.15, 0.2) is 0 Å². The molecule has 0 aromatic heterocycles. The zero-order valence-electron chi connectivity index (χ0n) is 5.62. The first-order valence-electron chi connectivity index (χ1n) is 2.94. The molecule has 0 amide bonds. The van der Waals surface area contributed by atoms with E-state index in [1.165, 1.54) is 0 Å². The van der Waals surface area contributed by atoms with Gasteiger partial charge in [0, 0.05) is 6.54 Å². The Bertz CT molecular complexity index is 107. The van der Waals surface area contributed by atoms with Crippen LogP contribution in [0, 0.1) is 0 Å². The van der Waals surface area contributed by atoms with Gasteiger partial charge in [0.05, 0.1) is 13.2 Å². The average molecular weight is 148 g/mol. The Kier molecular flexibility index (Phi) is 4.82. The van der Waals surface area contributed by atoms with Gasteiger partial charge in [-0.3, -0.25) is 4.79 Å². The van der Waals surface area contributed by atoms with Gasteiger partial charge in [-0.25, -0.2) is 0 Å². The van der Waals surface area contributed by atoms with Gasteiger partial charge in [-0.05, 0) is 0 Å². The van der Waals surface area contributed by atoms with Crippen LogP contribution in [-0.4, -0.2) is 36.9 Å². The summed E-state index contributed by atoms with van der Waals surface area (Å²) in [5.74, 6) is -1.06. The minimum absolute atomic E-state index is 0.0204. The van der Waals surface area contributed by atoms with E-state index in [0.717, 1.165) is 0 Å². The number of rotatable bonds is 5. The molecule has 0 heterocycles. The molecule has 0 aromatic carbocycles. The van der Waals surface area contributed by atoms with Crippen LogP contribution in [-0.2, 0) is 9.53 Å². The molecule has 0 saturated carbocycles. The lowest BCUT2D eigenvalue weighted by molar-refractivity contribution is -0.139. The fourth-order valence-electron chi connectivity index (χ4n) is 0.365. The molecule has 60 valence electrons. The summed E-state index contributed by atoms with van der Waals surface area (Å²) in [7, 11) is 0. The summed E-state index contributed by atoms with van der Waals surface area (Å²) in [6, 6.07) is -0.938. The molecule has 0 radical (unpaired) electrons. The highest BCUT2D eigenvalue weighted by Crippen LogP contribution is 1.80. The van der Waals surface area contributed by atoms with Crippen molar-refractivity contribution in [3.05, 3.63) is 0 Å². The van der Waals surface area contributed by atoms with Gasteiger partial charge in [-0.15, -0.1) is 0 Å². The normalized spacial score (nSPS) is 13.0. The Morgan fingerprint density at radius 1 is 1.70 bits per heavy atom. The summed E-state index contributed by atoms with van der Waals surface area (Å²) in [5, 5.41) is 8.25. The van der Waals surface area contributed by atoms with Crippen molar-refractivity contribution in [2.45, 2.75) is 6.04 Å². The third-order valence-electron chi connectivity index (χ3n) is 0.877. The summed E-state index contributed by atoms with van der Waals surface area (Å²) in [6.07, 6.45) is 0. The highest BCUT2D eigenvalue weighted by atomic mass is 16.5. The summed E-state index contributed by atoms with van der Waals surface area (Å²) in [4.78, 5) is 10.1. The molecule has 5 nitrogen and oxygen atoms in total. The van der Waals surface area contributed by atoms with E-state index in [9.17, 15) is 4.79 Å². The topological polar surface area (TPSA) is 98.6 Å². The molecule has 0 bridgehead atoms. The molecule has 0 fully saturated rings. The standard InChI is InChI=1S/C5H12N2O3/c6-1-2-10-3-4(7)5(8)9/h4H,1-3,6-7H2,(H,8,9)/t4-/m0/s1. The predicted octanol–water partition coefficient (Wildman–Crippen LogP) is -1.63. The lowest BCUT2D eigenvalue weighted by Gasteiger charge is -2.05. The molecule has 0 aliphatic heterocycles. The molecule has 5 heteroatoms. The van der Waals surface area contributed by atoms with E-state index in [2.05, 4.69) is 0 Å². The van der Waals surface area contributed by atoms with Crippen molar-refractivity contribution in [3.63, 3.8) is 0 Å². The van der Waals surface area contributed by atoms with Crippen molar-refractivity contribution in [1.29, 1.82) is 0 Å². The van der Waals surface area contributed by atoms with Crippen LogP contribution >= 0.6 is 0 Å². The SMILES string of the molecule is NCCOC[C@H](N)C(=O)O. The number of carboxylic acids is 1. The number of nitrogens with two attached hydrogens (primary N) is 2. The average Bonchev–Trinajstić information content (AvgIpc) is 1.88. The van der Waals surface area contributed by atoms with E-state index in [4.69, 9.17) is 21.3 Å². The van der Waals surface area contributed by atoms with Crippen molar-refractivity contribution < 1.29 is 14.6 Å². The minimum atomic E-state index is -1.06. The van der Waals surface area contributed by atoms with Crippen molar-refractivity contribution >= 4 is 5.97 Å². The lowest BCUT2D eigenvalue weighted by atomic mass is 10.3. The first-order valence-corrected chi connectivity index (χ1v) is 2.94. The quantitative estimate of drug-likeness (QED) is 0.407. The van der Waals surface area contributed by atoms with Crippen LogP contribution < -0.4 is 11.5 Å². The molecule has 10 heavy (non-hydrogen) atoms. The van der Waals surface area contributed by atoms with Crippen molar-refractivity contribution in [2.24, 2.45) is 11.5 Å². The van der Waals surface area contributed by atoms with Crippen LogP contribution in [0.2, 0.25) is 0 Å². The third-order valence-corrected chi connectivity index (χ3v) is 0.877. The van der Waals surface area contributed by atoms with E-state index in [0.29, 0.717) is 13.2 Å². The molecular weight excluding hydrogens is 136 g/mol. The van der Waals surface area contributed by atoms with Gasteiger partial charge in [-0.2, -0.15) is 0 Å². The maximum Gasteiger partial charge on any atom is 0.322 e. The van der Waals surface area contributed by atoms with Crippen LogP contribution in [0.4, 0.5) is 0 Å². The van der Waals surface area contributed by atoms with Crippen molar-refractivity contribution in [2.75, 3.05) is 19.8 Å². The van der Waals surface area contributed by atoms with Gasteiger partial charge in [0.25, 0.3) is 0 Å². The van der Waals surface area contributed by atoms with Gasteiger partial charge in [0.2, 0.25) is 0 Å². The fraction of sp³-hybridized carbons (Fsp3) is 0.800. The number of hydrogen-bond acceptors (Lipinski definition) is 4. The second kappa shape index (κ2) is 5.16. The summed E-state index contributed by atoms with van der Waals surface area (Å²) in [6.45, 7) is 0.750. The highest BCUT2D eigenvalue weighted by molar-refractivity contribution is 5.73. The Balaban J connectivity index is 3.21. The largest absolute Gasteiger partial charge is 0.480 e. The number of ether oxygens (including phenoxy) is 1. The first kappa shape index (κ1) is 9.35. The van der Waals surface area contributed by atoms with Crippen LogP contribution in [0.15, 0.2) is 0 Å². The van der Waals surface area contributed by atoms with Gasteiger partial charge < -0.3 is 21.3 Å². The second-order valence-corrected chi connectivity index (χ2v) is 1.81. The van der Waals surface area contributed by atoms with Crippen LogP contribution in [0.25, 0.3) is 0 Å². The van der Waals surface area contributed by atoms with Gasteiger partial charge in [0.1, 0.15) is 6.04 Å². The Morgan fingerprint density at radius 3 is 2.70 bits per heavy atom. The molecule has 0 aliphatic carbocycles. The molecular formula is C5H12N2O3. The minimum Gasteiger partial charge on any atom is -0.480 e. The van der Waals surface area contributed by atoms with Gasteiger partial charge in [-0.1, -0.05) is 0 Å². The summed E-state index contributed by atoms with van der Waals surface area (Å²) < 4.78 is 4.78. The Hall–Kier alpha value is -0.650. The van der Waals surface area contributed by atoms with E-state index in [-0.39, 0.29) is 6.61 Å². The molecule has 0 spiro atoms. The van der Waals surface area contributed by atoms with Crippen LogP contribution in [0.1, 0.15) is 0 Å². The van der Waals surface area contributed by atoms with Crippen molar-refractivity contribution in [1.82, 2.24) is 0 Å². The van der Waals surface area contributed by atoms with Crippen LogP contribution in [0.5, 0.6) is 0 Å². The number of carbonyl (C=O) groups is 1. The number of aliphatic carboxylic acids is 1. The smallest absolute Gasteiger partial charge is 0.322 e. The molecule has 0 saturated heterocycles. The monoisotopic (exact) mass is 148 g/mol. The molecule has 5 N–H and O–H groups in total. The van der Waals surface area contributed by atoms with E-state index in [1.54, 1.807) is 0 Å². The molecule has 0 rings (SSSR count). The zero-order valence-corrected chi connectivity index (χ0v) is 5.62. The van der Waals surface area contributed by atoms with Gasteiger partial charge >= 0.3 is 5.97 Å². The lowest BCUT2D eigenvalue weighted by Crippen LogP contribution is -2.35. The van der Waals surface area contributed by atoms with E-state index < -0.39 is 12.0 Å². The zero-order chi connectivity index (χ0) is 7.98. The second-order valence-electron chi connectivity index (χ2n) is 1.81. The maximum atomic E-state index is 10.1. The Morgan fingerprint density at radius 2 is 2.30 bits per heavy atom. The van der Waals surface area contributed by atoms with Crippen molar-refractivity contribution in [3.8, 4) is 0 Å². The molecule has 0 aliphatic rings. The molecule has 1 atom stereocenters. The van der Waals surface area contributed by atoms with Crippen LogP contribution in [0.3, 0.4) is 0 Å². The van der Waals surface area contributed by atoms with E-state index >= 15 is 0 Å². The fourth-order valence-corrected chi connectivity index (χ4v) is 0.365. The molecule has 0 aromatic rings. The first-order chi connectivity index (χ1) is 4.68. The third kappa shape index (κ3) is 4.25. The predicted molar refractivity (Wildman–Crippen MR) is 35.5 cm³/mol. The van der Waals surface area contributed by atoms with E-state index in [1.807, 2.05) is 0 Å². The molecule has 0 unspecified atom stereocenters.